The second-order valence-corrected chi connectivity index (χ2v) is 6.54. The Morgan fingerprint density at radius 1 is 0.947 bits per heavy atom. The van der Waals surface area contributed by atoms with Crippen LogP contribution in [0.4, 0.5) is 0 Å². The van der Waals surface area contributed by atoms with Gasteiger partial charge >= 0.3 is 0 Å². The molecule has 0 radical (unpaired) electrons. The summed E-state index contributed by atoms with van der Waals surface area (Å²) in [6.45, 7) is 7.87. The van der Waals surface area contributed by atoms with Crippen molar-refractivity contribution < 1.29 is 0 Å². The van der Waals surface area contributed by atoms with Gasteiger partial charge in [-0.1, -0.05) is 44.5 Å². The smallest absolute Gasteiger partial charge is 0.0291 e. The summed E-state index contributed by atoms with van der Waals surface area (Å²) in [5.74, 6) is 1.92. The molecule has 0 amide bonds. The molecule has 1 rings (SSSR count). The summed E-state index contributed by atoms with van der Waals surface area (Å²) in [4.78, 5) is 0. The number of hydrogen-bond donors (Lipinski definition) is 1. The van der Waals surface area contributed by atoms with E-state index < -0.39 is 0 Å². The lowest BCUT2D eigenvalue weighted by atomic mass is 9.99. The summed E-state index contributed by atoms with van der Waals surface area (Å²) in [6.07, 6.45) is 6.16. The summed E-state index contributed by atoms with van der Waals surface area (Å²) < 4.78 is 0. The van der Waals surface area contributed by atoms with Gasteiger partial charge in [0, 0.05) is 6.04 Å². The normalized spacial score (nSPS) is 12.9. The monoisotopic (exact) mass is 279 g/mol. The lowest BCUT2D eigenvalue weighted by Crippen LogP contribution is -2.19. The maximum atomic E-state index is 3.62. The maximum Gasteiger partial charge on any atom is 0.0291 e. The number of rotatable bonds is 9. The van der Waals surface area contributed by atoms with Crippen molar-refractivity contribution in [1.29, 1.82) is 0 Å². The Bertz CT molecular complexity index is 332. The summed E-state index contributed by atoms with van der Waals surface area (Å²) in [5, 5.41) is 3.62. The zero-order valence-corrected chi connectivity index (χ0v) is 13.7. The number of thioether (sulfide) groups is 1. The van der Waals surface area contributed by atoms with Crippen molar-refractivity contribution in [3.05, 3.63) is 35.4 Å². The summed E-state index contributed by atoms with van der Waals surface area (Å²) in [7, 11) is 0. The van der Waals surface area contributed by atoms with E-state index in [0.29, 0.717) is 12.0 Å². The van der Waals surface area contributed by atoms with Crippen molar-refractivity contribution in [2.45, 2.75) is 52.0 Å². The van der Waals surface area contributed by atoms with E-state index in [2.05, 4.69) is 56.6 Å². The van der Waals surface area contributed by atoms with E-state index in [1.807, 2.05) is 11.8 Å². The SMILES string of the molecule is CSCCCCCNC(C)c1ccc(C(C)C)cc1. The fraction of sp³-hybridized carbons (Fsp3) is 0.647. The van der Waals surface area contributed by atoms with Gasteiger partial charge < -0.3 is 5.32 Å². The molecule has 0 saturated carbocycles. The van der Waals surface area contributed by atoms with Crippen molar-refractivity contribution in [1.82, 2.24) is 5.32 Å². The Hall–Kier alpha value is -0.470. The summed E-state index contributed by atoms with van der Waals surface area (Å²) >= 11 is 1.95. The molecule has 0 aromatic heterocycles. The minimum atomic E-state index is 0.460. The van der Waals surface area contributed by atoms with Gasteiger partial charge in [-0.15, -0.1) is 0 Å². The summed E-state index contributed by atoms with van der Waals surface area (Å²) in [5.41, 5.74) is 2.82. The van der Waals surface area contributed by atoms with Crippen molar-refractivity contribution in [2.24, 2.45) is 0 Å². The van der Waals surface area contributed by atoms with Gasteiger partial charge in [0.25, 0.3) is 0 Å². The highest BCUT2D eigenvalue weighted by molar-refractivity contribution is 7.98. The van der Waals surface area contributed by atoms with Crippen LogP contribution in [-0.2, 0) is 0 Å². The minimum absolute atomic E-state index is 0.460. The fourth-order valence-electron chi connectivity index (χ4n) is 2.15. The molecule has 0 aliphatic carbocycles. The van der Waals surface area contributed by atoms with Crippen LogP contribution < -0.4 is 5.32 Å². The highest BCUT2D eigenvalue weighted by atomic mass is 32.2. The first-order valence-electron chi connectivity index (χ1n) is 7.47. The molecule has 0 bridgehead atoms. The van der Waals surface area contributed by atoms with E-state index >= 15 is 0 Å². The topological polar surface area (TPSA) is 12.0 Å². The van der Waals surface area contributed by atoms with E-state index in [1.54, 1.807) is 0 Å². The average Bonchev–Trinajstić information content (AvgIpc) is 2.42. The fourth-order valence-corrected chi connectivity index (χ4v) is 2.65. The zero-order valence-electron chi connectivity index (χ0n) is 12.9. The van der Waals surface area contributed by atoms with Crippen LogP contribution in [0.5, 0.6) is 0 Å². The highest BCUT2D eigenvalue weighted by Gasteiger charge is 2.05. The molecule has 1 N–H and O–H groups in total. The van der Waals surface area contributed by atoms with Gasteiger partial charge in [-0.3, -0.25) is 0 Å². The first kappa shape index (κ1) is 16.6. The number of benzene rings is 1. The van der Waals surface area contributed by atoms with Gasteiger partial charge in [0.15, 0.2) is 0 Å². The first-order chi connectivity index (χ1) is 9.15. The largest absolute Gasteiger partial charge is 0.310 e. The van der Waals surface area contributed by atoms with Gasteiger partial charge in [0.2, 0.25) is 0 Å². The van der Waals surface area contributed by atoms with Crippen LogP contribution in [0, 0.1) is 0 Å². The lowest BCUT2D eigenvalue weighted by Gasteiger charge is -2.15. The predicted molar refractivity (Wildman–Crippen MR) is 89.2 cm³/mol. The third-order valence-electron chi connectivity index (χ3n) is 3.58. The zero-order chi connectivity index (χ0) is 14.1. The van der Waals surface area contributed by atoms with Gasteiger partial charge in [-0.2, -0.15) is 11.8 Å². The third kappa shape index (κ3) is 6.49. The minimum Gasteiger partial charge on any atom is -0.310 e. The molecule has 1 aromatic carbocycles. The second-order valence-electron chi connectivity index (χ2n) is 5.55. The number of hydrogen-bond acceptors (Lipinski definition) is 2. The van der Waals surface area contributed by atoms with Crippen LogP contribution in [0.1, 0.15) is 63.1 Å². The van der Waals surface area contributed by atoms with E-state index in [-0.39, 0.29) is 0 Å². The quantitative estimate of drug-likeness (QED) is 0.639. The average molecular weight is 279 g/mol. The Balaban J connectivity index is 2.27. The molecule has 108 valence electrons. The first-order valence-corrected chi connectivity index (χ1v) is 8.86. The molecule has 1 atom stereocenters. The van der Waals surface area contributed by atoms with Crippen LogP contribution in [-0.4, -0.2) is 18.6 Å². The summed E-state index contributed by atoms with van der Waals surface area (Å²) in [6, 6.07) is 9.51. The van der Waals surface area contributed by atoms with Gasteiger partial charge in [0.05, 0.1) is 0 Å². The Morgan fingerprint density at radius 2 is 1.58 bits per heavy atom. The molecular formula is C17H29NS. The Labute approximate surface area is 123 Å². The van der Waals surface area contributed by atoms with E-state index in [9.17, 15) is 0 Å². The van der Waals surface area contributed by atoms with Crippen LogP contribution in [0.25, 0.3) is 0 Å². The molecule has 0 aliphatic heterocycles. The van der Waals surface area contributed by atoms with E-state index in [1.165, 1.54) is 36.1 Å². The molecular weight excluding hydrogens is 250 g/mol. The standard InChI is InChI=1S/C17H29NS/c1-14(2)16-8-10-17(11-9-16)15(3)18-12-6-5-7-13-19-4/h8-11,14-15,18H,5-7,12-13H2,1-4H3. The van der Waals surface area contributed by atoms with Gasteiger partial charge in [0.1, 0.15) is 0 Å². The second kappa shape index (κ2) is 9.44. The maximum absolute atomic E-state index is 3.62. The number of nitrogens with one attached hydrogen (secondary N) is 1. The van der Waals surface area contributed by atoms with Crippen LogP contribution >= 0.6 is 11.8 Å². The molecule has 1 aromatic rings. The van der Waals surface area contributed by atoms with Gasteiger partial charge in [-0.05, 0) is 55.4 Å². The molecule has 0 saturated heterocycles. The van der Waals surface area contributed by atoms with Crippen molar-refractivity contribution in [3.63, 3.8) is 0 Å². The molecule has 0 spiro atoms. The van der Waals surface area contributed by atoms with Crippen molar-refractivity contribution in [2.75, 3.05) is 18.6 Å². The molecule has 1 nitrogen and oxygen atoms in total. The predicted octanol–water partition coefficient (Wildman–Crippen LogP) is 4.99. The van der Waals surface area contributed by atoms with E-state index in [4.69, 9.17) is 0 Å². The van der Waals surface area contributed by atoms with Crippen LogP contribution in [0.3, 0.4) is 0 Å². The Morgan fingerprint density at radius 3 is 2.16 bits per heavy atom. The van der Waals surface area contributed by atoms with Crippen LogP contribution in [0.15, 0.2) is 24.3 Å². The van der Waals surface area contributed by atoms with Crippen molar-refractivity contribution >= 4 is 11.8 Å². The lowest BCUT2D eigenvalue weighted by molar-refractivity contribution is 0.544. The van der Waals surface area contributed by atoms with Crippen molar-refractivity contribution in [3.8, 4) is 0 Å². The molecule has 19 heavy (non-hydrogen) atoms. The molecule has 0 fully saturated rings. The third-order valence-corrected chi connectivity index (χ3v) is 4.28. The molecule has 2 heteroatoms. The van der Waals surface area contributed by atoms with Gasteiger partial charge in [-0.25, -0.2) is 0 Å². The molecule has 0 heterocycles. The molecule has 1 unspecified atom stereocenters. The Kier molecular flexibility index (Phi) is 8.24. The highest BCUT2D eigenvalue weighted by Crippen LogP contribution is 2.18. The number of unbranched alkanes of at least 4 members (excludes halogenated alkanes) is 2. The molecule has 0 aliphatic rings. The van der Waals surface area contributed by atoms with Crippen LogP contribution in [0.2, 0.25) is 0 Å². The van der Waals surface area contributed by atoms with E-state index in [0.717, 1.165) is 6.54 Å².